The molecule has 0 amide bonds. The zero-order chi connectivity index (χ0) is 12.6. The Morgan fingerprint density at radius 1 is 1.29 bits per heavy atom. The van der Waals surface area contributed by atoms with Crippen LogP contribution in [0.4, 0.5) is 0 Å². The van der Waals surface area contributed by atoms with E-state index in [1.807, 2.05) is 13.8 Å². The van der Waals surface area contributed by atoms with Crippen molar-refractivity contribution in [2.24, 2.45) is 5.73 Å². The highest BCUT2D eigenvalue weighted by Crippen LogP contribution is 2.39. The molecule has 4 atom stereocenters. The minimum atomic E-state index is -0.652. The van der Waals surface area contributed by atoms with Crippen molar-refractivity contribution in [2.75, 3.05) is 13.7 Å². The molecular formula is C11H19NO5. The fourth-order valence-corrected chi connectivity index (χ4v) is 2.37. The maximum Gasteiger partial charge on any atom is 0.308 e. The zero-order valence-corrected chi connectivity index (χ0v) is 10.3. The van der Waals surface area contributed by atoms with Gasteiger partial charge >= 0.3 is 5.97 Å². The van der Waals surface area contributed by atoms with Crippen LogP contribution in [0.25, 0.3) is 0 Å². The van der Waals surface area contributed by atoms with E-state index >= 15 is 0 Å². The first-order valence-corrected chi connectivity index (χ1v) is 5.75. The number of carbonyl (C=O) groups is 1. The Morgan fingerprint density at radius 2 is 1.88 bits per heavy atom. The second-order valence-electron chi connectivity index (χ2n) is 4.79. The number of esters is 1. The summed E-state index contributed by atoms with van der Waals surface area (Å²) in [6, 6.07) is 0. The van der Waals surface area contributed by atoms with Gasteiger partial charge in [0, 0.05) is 6.54 Å². The molecule has 6 nitrogen and oxygen atoms in total. The molecule has 2 rings (SSSR count). The van der Waals surface area contributed by atoms with E-state index in [-0.39, 0.29) is 36.8 Å². The predicted molar refractivity (Wildman–Crippen MR) is 58.2 cm³/mol. The van der Waals surface area contributed by atoms with Gasteiger partial charge in [0.05, 0.1) is 25.7 Å². The number of methoxy groups -OCH3 is 1. The quantitative estimate of drug-likeness (QED) is 0.693. The van der Waals surface area contributed by atoms with E-state index < -0.39 is 5.79 Å². The van der Waals surface area contributed by atoms with Crippen molar-refractivity contribution in [3.05, 3.63) is 0 Å². The summed E-state index contributed by atoms with van der Waals surface area (Å²) in [5, 5.41) is 0. The SMILES string of the molecule is COC(=O)CC1O[C@H](CN)[C@H]2OC(C)(C)OC12. The number of hydrogen-bond donors (Lipinski definition) is 1. The van der Waals surface area contributed by atoms with Gasteiger partial charge < -0.3 is 24.7 Å². The number of hydrogen-bond acceptors (Lipinski definition) is 6. The molecule has 0 saturated carbocycles. The van der Waals surface area contributed by atoms with Crippen LogP contribution in [0.5, 0.6) is 0 Å². The number of rotatable bonds is 3. The van der Waals surface area contributed by atoms with Crippen LogP contribution in [0.2, 0.25) is 0 Å². The van der Waals surface area contributed by atoms with Crippen molar-refractivity contribution in [3.8, 4) is 0 Å². The van der Waals surface area contributed by atoms with Crippen molar-refractivity contribution in [2.45, 2.75) is 50.5 Å². The Kier molecular flexibility index (Phi) is 3.40. The Balaban J connectivity index is 2.07. The molecule has 2 saturated heterocycles. The van der Waals surface area contributed by atoms with Gasteiger partial charge in [-0.15, -0.1) is 0 Å². The van der Waals surface area contributed by atoms with Gasteiger partial charge in [0.2, 0.25) is 0 Å². The van der Waals surface area contributed by atoms with Gasteiger partial charge in [-0.05, 0) is 13.8 Å². The van der Waals surface area contributed by atoms with Crippen molar-refractivity contribution < 1.29 is 23.7 Å². The number of fused-ring (bicyclic) bond motifs is 1. The summed E-state index contributed by atoms with van der Waals surface area (Å²) in [6.45, 7) is 4.03. The van der Waals surface area contributed by atoms with Gasteiger partial charge in [-0.2, -0.15) is 0 Å². The monoisotopic (exact) mass is 245 g/mol. The zero-order valence-electron chi connectivity index (χ0n) is 10.3. The Morgan fingerprint density at radius 3 is 2.41 bits per heavy atom. The average Bonchev–Trinajstić information content (AvgIpc) is 2.73. The lowest BCUT2D eigenvalue weighted by Crippen LogP contribution is -2.34. The van der Waals surface area contributed by atoms with Crippen LogP contribution in [0, 0.1) is 0 Å². The summed E-state index contributed by atoms with van der Waals surface area (Å²) in [7, 11) is 1.35. The predicted octanol–water partition coefficient (Wildman–Crippen LogP) is -0.204. The molecule has 0 aromatic carbocycles. The molecule has 0 aromatic rings. The topological polar surface area (TPSA) is 80.0 Å². The first-order valence-electron chi connectivity index (χ1n) is 5.75. The van der Waals surface area contributed by atoms with E-state index in [0.717, 1.165) is 0 Å². The molecule has 0 aromatic heterocycles. The van der Waals surface area contributed by atoms with Gasteiger partial charge in [0.15, 0.2) is 5.79 Å². The second kappa shape index (κ2) is 4.53. The van der Waals surface area contributed by atoms with E-state index in [1.54, 1.807) is 0 Å². The molecule has 2 aliphatic rings. The lowest BCUT2D eigenvalue weighted by Gasteiger charge is -2.23. The Hall–Kier alpha value is -0.690. The summed E-state index contributed by atoms with van der Waals surface area (Å²) >= 11 is 0. The molecule has 0 bridgehead atoms. The number of ether oxygens (including phenoxy) is 4. The van der Waals surface area contributed by atoms with Crippen LogP contribution in [-0.4, -0.2) is 49.8 Å². The second-order valence-corrected chi connectivity index (χ2v) is 4.79. The van der Waals surface area contributed by atoms with Crippen molar-refractivity contribution in [1.82, 2.24) is 0 Å². The highest BCUT2D eigenvalue weighted by atomic mass is 16.8. The normalized spacial score (nSPS) is 39.1. The van der Waals surface area contributed by atoms with Crippen LogP contribution < -0.4 is 5.73 Å². The van der Waals surface area contributed by atoms with Crippen molar-refractivity contribution >= 4 is 5.97 Å². The molecule has 0 aliphatic carbocycles. The fraction of sp³-hybridized carbons (Fsp3) is 0.909. The molecule has 2 N–H and O–H groups in total. The van der Waals surface area contributed by atoms with Gasteiger partial charge in [0.1, 0.15) is 12.2 Å². The highest BCUT2D eigenvalue weighted by molar-refractivity contribution is 5.70. The van der Waals surface area contributed by atoms with Gasteiger partial charge in [-0.3, -0.25) is 4.79 Å². The molecule has 0 spiro atoms. The minimum Gasteiger partial charge on any atom is -0.469 e. The standard InChI is InChI=1S/C11H19NO5/c1-11(2)16-9-6(4-8(13)14-3)15-7(5-12)10(9)17-11/h6-7,9-10H,4-5,12H2,1-3H3/t6?,7-,9?,10-/m1/s1. The first-order chi connectivity index (χ1) is 7.96. The summed E-state index contributed by atoms with van der Waals surface area (Å²) in [4.78, 5) is 11.3. The third-order valence-electron chi connectivity index (χ3n) is 3.07. The van der Waals surface area contributed by atoms with E-state index in [1.165, 1.54) is 7.11 Å². The summed E-state index contributed by atoms with van der Waals surface area (Å²) in [5.74, 6) is -0.972. The maximum atomic E-state index is 11.3. The molecular weight excluding hydrogens is 226 g/mol. The lowest BCUT2D eigenvalue weighted by atomic mass is 10.1. The molecule has 98 valence electrons. The fourth-order valence-electron chi connectivity index (χ4n) is 2.37. The summed E-state index contributed by atoms with van der Waals surface area (Å²) in [5.41, 5.74) is 5.63. The lowest BCUT2D eigenvalue weighted by molar-refractivity contribution is -0.188. The average molecular weight is 245 g/mol. The molecule has 17 heavy (non-hydrogen) atoms. The largest absolute Gasteiger partial charge is 0.469 e. The van der Waals surface area contributed by atoms with E-state index in [4.69, 9.17) is 19.9 Å². The third kappa shape index (κ3) is 2.44. The van der Waals surface area contributed by atoms with Crippen LogP contribution in [-0.2, 0) is 23.7 Å². The van der Waals surface area contributed by atoms with Gasteiger partial charge in [-0.25, -0.2) is 0 Å². The molecule has 6 heteroatoms. The first kappa shape index (κ1) is 12.8. The molecule has 2 aliphatic heterocycles. The molecule has 0 radical (unpaired) electrons. The molecule has 2 fully saturated rings. The van der Waals surface area contributed by atoms with Crippen LogP contribution in [0.15, 0.2) is 0 Å². The van der Waals surface area contributed by atoms with Gasteiger partial charge in [0.25, 0.3) is 0 Å². The minimum absolute atomic E-state index is 0.160. The maximum absolute atomic E-state index is 11.3. The smallest absolute Gasteiger partial charge is 0.308 e. The number of carbonyl (C=O) groups excluding carboxylic acids is 1. The Labute approximate surface area is 100 Å². The third-order valence-corrected chi connectivity index (χ3v) is 3.07. The molecule has 2 unspecified atom stereocenters. The highest BCUT2D eigenvalue weighted by Gasteiger charge is 2.54. The van der Waals surface area contributed by atoms with E-state index in [0.29, 0.717) is 6.54 Å². The van der Waals surface area contributed by atoms with Crippen molar-refractivity contribution in [1.29, 1.82) is 0 Å². The number of nitrogens with two attached hydrogens (primary N) is 1. The van der Waals surface area contributed by atoms with Crippen LogP contribution >= 0.6 is 0 Å². The Bertz CT molecular complexity index is 306. The van der Waals surface area contributed by atoms with Crippen molar-refractivity contribution in [3.63, 3.8) is 0 Å². The van der Waals surface area contributed by atoms with Gasteiger partial charge in [-0.1, -0.05) is 0 Å². The van der Waals surface area contributed by atoms with Crippen LogP contribution in [0.3, 0.4) is 0 Å². The molecule has 2 heterocycles. The van der Waals surface area contributed by atoms with E-state index in [2.05, 4.69) is 4.74 Å². The van der Waals surface area contributed by atoms with E-state index in [9.17, 15) is 4.79 Å². The summed E-state index contributed by atoms with van der Waals surface area (Å²) < 4.78 is 21.8. The van der Waals surface area contributed by atoms with Crippen LogP contribution in [0.1, 0.15) is 20.3 Å². The summed E-state index contributed by atoms with van der Waals surface area (Å²) in [6.07, 6.45) is -0.866.